The minimum absolute atomic E-state index is 0.254. The van der Waals surface area contributed by atoms with E-state index in [0.717, 1.165) is 11.3 Å². The summed E-state index contributed by atoms with van der Waals surface area (Å²) in [5.74, 6) is 0.426. The van der Waals surface area contributed by atoms with Gasteiger partial charge in [0.1, 0.15) is 6.07 Å². The summed E-state index contributed by atoms with van der Waals surface area (Å²) in [6, 6.07) is 7.53. The Labute approximate surface area is 104 Å². The number of nitrogens with zero attached hydrogens (tertiary/aromatic N) is 3. The van der Waals surface area contributed by atoms with Gasteiger partial charge in [0.25, 0.3) is 0 Å². The summed E-state index contributed by atoms with van der Waals surface area (Å²) in [5.41, 5.74) is 2.03. The summed E-state index contributed by atoms with van der Waals surface area (Å²) in [6.45, 7) is 1.93. The van der Waals surface area contributed by atoms with Crippen LogP contribution in [0.4, 0.5) is 11.5 Å². The third-order valence-electron chi connectivity index (χ3n) is 2.24. The van der Waals surface area contributed by atoms with Gasteiger partial charge in [0.15, 0.2) is 11.5 Å². The van der Waals surface area contributed by atoms with E-state index in [-0.39, 0.29) is 5.69 Å². The maximum absolute atomic E-state index is 8.88. The summed E-state index contributed by atoms with van der Waals surface area (Å²) in [4.78, 5) is 7.97. The van der Waals surface area contributed by atoms with Gasteiger partial charge in [-0.3, -0.25) is 0 Å². The number of nitrogens with one attached hydrogen (secondary N) is 1. The molecule has 1 aromatic heterocycles. The van der Waals surface area contributed by atoms with Gasteiger partial charge in [0.05, 0.1) is 0 Å². The molecule has 4 nitrogen and oxygen atoms in total. The molecule has 0 atom stereocenters. The summed E-state index contributed by atoms with van der Waals surface area (Å²) < 4.78 is 0. The molecule has 0 aliphatic heterocycles. The molecular weight excluding hydrogens is 236 g/mol. The van der Waals surface area contributed by atoms with Gasteiger partial charge in [0, 0.05) is 23.1 Å². The van der Waals surface area contributed by atoms with E-state index in [0.29, 0.717) is 10.8 Å². The Morgan fingerprint density at radius 2 is 2.06 bits per heavy atom. The summed E-state index contributed by atoms with van der Waals surface area (Å²) in [6.07, 6.45) is 3.00. The lowest BCUT2D eigenvalue weighted by Crippen LogP contribution is -1.98. The molecular formula is C12H9ClN4. The highest BCUT2D eigenvalue weighted by molar-refractivity contribution is 6.31. The Morgan fingerprint density at radius 3 is 2.76 bits per heavy atom. The first-order valence-corrected chi connectivity index (χ1v) is 5.33. The highest BCUT2D eigenvalue weighted by atomic mass is 35.5. The van der Waals surface area contributed by atoms with Gasteiger partial charge in [-0.15, -0.1) is 0 Å². The minimum atomic E-state index is 0.254. The molecule has 1 heterocycles. The van der Waals surface area contributed by atoms with Crippen LogP contribution in [0.3, 0.4) is 0 Å². The molecule has 0 radical (unpaired) electrons. The highest BCUT2D eigenvalue weighted by Crippen LogP contribution is 2.22. The molecule has 0 aliphatic carbocycles. The number of aryl methyl sites for hydroxylation is 1. The summed E-state index contributed by atoms with van der Waals surface area (Å²) in [5, 5.41) is 12.6. The lowest BCUT2D eigenvalue weighted by atomic mass is 10.2. The third-order valence-corrected chi connectivity index (χ3v) is 2.65. The van der Waals surface area contributed by atoms with Crippen molar-refractivity contribution in [2.24, 2.45) is 0 Å². The average molecular weight is 245 g/mol. The maximum Gasteiger partial charge on any atom is 0.183 e. The van der Waals surface area contributed by atoms with Crippen LogP contribution in [-0.2, 0) is 0 Å². The van der Waals surface area contributed by atoms with Crippen molar-refractivity contribution in [3.63, 3.8) is 0 Å². The molecule has 17 heavy (non-hydrogen) atoms. The van der Waals surface area contributed by atoms with Crippen molar-refractivity contribution >= 4 is 23.1 Å². The summed E-state index contributed by atoms with van der Waals surface area (Å²) in [7, 11) is 0. The summed E-state index contributed by atoms with van der Waals surface area (Å²) >= 11 is 6.01. The molecule has 0 saturated heterocycles. The number of hydrogen-bond acceptors (Lipinski definition) is 4. The van der Waals surface area contributed by atoms with Crippen molar-refractivity contribution in [2.75, 3.05) is 5.32 Å². The lowest BCUT2D eigenvalue weighted by Gasteiger charge is -2.07. The molecule has 84 valence electrons. The van der Waals surface area contributed by atoms with Crippen molar-refractivity contribution in [3.8, 4) is 6.07 Å². The normalized spacial score (nSPS) is 9.71. The van der Waals surface area contributed by atoms with E-state index in [1.165, 1.54) is 12.4 Å². The third kappa shape index (κ3) is 2.52. The Kier molecular flexibility index (Phi) is 3.22. The van der Waals surface area contributed by atoms with Gasteiger partial charge >= 0.3 is 0 Å². The van der Waals surface area contributed by atoms with Crippen LogP contribution in [0.25, 0.3) is 0 Å². The van der Waals surface area contributed by atoms with E-state index in [1.807, 2.05) is 25.1 Å². The van der Waals surface area contributed by atoms with Crippen LogP contribution in [-0.4, -0.2) is 9.97 Å². The van der Waals surface area contributed by atoms with Crippen LogP contribution in [0.15, 0.2) is 30.6 Å². The van der Waals surface area contributed by atoms with Crippen LogP contribution < -0.4 is 5.32 Å². The molecule has 5 heteroatoms. The van der Waals surface area contributed by atoms with Crippen molar-refractivity contribution < 1.29 is 0 Å². The fourth-order valence-corrected chi connectivity index (χ4v) is 1.50. The topological polar surface area (TPSA) is 61.6 Å². The quantitative estimate of drug-likeness (QED) is 0.882. The van der Waals surface area contributed by atoms with Gasteiger partial charge in [-0.25, -0.2) is 9.97 Å². The standard InChI is InChI=1S/C12H9ClN4/c1-8-2-3-9(6-10(8)13)17-12-11(7-14)15-4-5-16-12/h2-6H,1H3,(H,16,17). The molecule has 0 saturated carbocycles. The van der Waals surface area contributed by atoms with Crippen molar-refractivity contribution in [2.45, 2.75) is 6.92 Å². The number of benzene rings is 1. The number of nitriles is 1. The minimum Gasteiger partial charge on any atom is -0.338 e. The lowest BCUT2D eigenvalue weighted by molar-refractivity contribution is 1.16. The predicted molar refractivity (Wildman–Crippen MR) is 66.2 cm³/mol. The van der Waals surface area contributed by atoms with Gasteiger partial charge in [-0.05, 0) is 24.6 Å². The average Bonchev–Trinajstić information content (AvgIpc) is 2.34. The Hall–Kier alpha value is -2.12. The Balaban J connectivity index is 2.32. The molecule has 0 unspecified atom stereocenters. The fourth-order valence-electron chi connectivity index (χ4n) is 1.32. The van der Waals surface area contributed by atoms with Crippen LogP contribution in [0, 0.1) is 18.3 Å². The number of anilines is 2. The zero-order valence-corrected chi connectivity index (χ0v) is 9.86. The van der Waals surface area contributed by atoms with E-state index < -0.39 is 0 Å². The number of rotatable bonds is 2. The van der Waals surface area contributed by atoms with Gasteiger partial charge in [-0.1, -0.05) is 17.7 Å². The second-order valence-corrected chi connectivity index (χ2v) is 3.86. The van der Waals surface area contributed by atoms with E-state index in [1.54, 1.807) is 6.07 Å². The first-order chi connectivity index (χ1) is 8.20. The molecule has 0 spiro atoms. The van der Waals surface area contributed by atoms with E-state index >= 15 is 0 Å². The molecule has 1 aromatic carbocycles. The van der Waals surface area contributed by atoms with Crippen molar-refractivity contribution in [1.82, 2.24) is 9.97 Å². The van der Waals surface area contributed by atoms with Gasteiger partial charge in [0.2, 0.25) is 0 Å². The van der Waals surface area contributed by atoms with E-state index in [9.17, 15) is 0 Å². The monoisotopic (exact) mass is 244 g/mol. The largest absolute Gasteiger partial charge is 0.338 e. The molecule has 0 fully saturated rings. The van der Waals surface area contributed by atoms with Crippen molar-refractivity contribution in [3.05, 3.63) is 46.9 Å². The first kappa shape index (κ1) is 11.4. The SMILES string of the molecule is Cc1ccc(Nc2nccnc2C#N)cc1Cl. The van der Waals surface area contributed by atoms with E-state index in [4.69, 9.17) is 16.9 Å². The highest BCUT2D eigenvalue weighted by Gasteiger charge is 2.05. The Bertz CT molecular complexity index is 589. The zero-order valence-electron chi connectivity index (χ0n) is 9.11. The smallest absolute Gasteiger partial charge is 0.183 e. The molecule has 2 rings (SSSR count). The van der Waals surface area contributed by atoms with Crippen LogP contribution >= 0.6 is 11.6 Å². The molecule has 0 aliphatic rings. The second kappa shape index (κ2) is 4.81. The molecule has 2 aromatic rings. The van der Waals surface area contributed by atoms with Gasteiger partial charge < -0.3 is 5.32 Å². The fraction of sp³-hybridized carbons (Fsp3) is 0.0833. The zero-order chi connectivity index (χ0) is 12.3. The Morgan fingerprint density at radius 1 is 1.29 bits per heavy atom. The second-order valence-electron chi connectivity index (χ2n) is 3.45. The first-order valence-electron chi connectivity index (χ1n) is 4.95. The maximum atomic E-state index is 8.88. The van der Waals surface area contributed by atoms with Gasteiger partial charge in [-0.2, -0.15) is 5.26 Å². The van der Waals surface area contributed by atoms with E-state index in [2.05, 4.69) is 15.3 Å². The molecule has 0 bridgehead atoms. The number of hydrogen-bond donors (Lipinski definition) is 1. The van der Waals surface area contributed by atoms with Crippen LogP contribution in [0.2, 0.25) is 5.02 Å². The predicted octanol–water partition coefficient (Wildman–Crippen LogP) is 3.05. The van der Waals surface area contributed by atoms with Crippen LogP contribution in [0.1, 0.15) is 11.3 Å². The number of aromatic nitrogens is 2. The molecule has 0 amide bonds. The molecule has 1 N–H and O–H groups in total. The van der Waals surface area contributed by atoms with Crippen LogP contribution in [0.5, 0.6) is 0 Å². The van der Waals surface area contributed by atoms with Crippen molar-refractivity contribution in [1.29, 1.82) is 5.26 Å². The number of halogens is 1.